The normalized spacial score (nSPS) is 15.1. The van der Waals surface area contributed by atoms with Crippen molar-refractivity contribution in [2.75, 3.05) is 7.11 Å². The van der Waals surface area contributed by atoms with Gasteiger partial charge >= 0.3 is 5.97 Å². The number of carbonyl (C=O) groups is 1. The van der Waals surface area contributed by atoms with Crippen LogP contribution in [0.25, 0.3) is 0 Å². The zero-order chi connectivity index (χ0) is 11.5. The van der Waals surface area contributed by atoms with Crippen molar-refractivity contribution in [3.63, 3.8) is 0 Å². The first kappa shape index (κ1) is 10.9. The lowest BCUT2D eigenvalue weighted by atomic mass is 10.1. The maximum Gasteiger partial charge on any atom is 0.339 e. The summed E-state index contributed by atoms with van der Waals surface area (Å²) in [4.78, 5) is 23.3. The molecule has 1 aromatic rings. The summed E-state index contributed by atoms with van der Waals surface area (Å²) in [6.07, 6.45) is 3.90. The van der Waals surface area contributed by atoms with Gasteiger partial charge in [-0.3, -0.25) is 4.79 Å². The standard InChI is InChI=1S/C12H15NO3/c1-16-12(15)9-6-7-11(14)13-8-4-2-3-5-10(9)13/h6-7H,2-5,8H2,1H3. The third kappa shape index (κ3) is 1.87. The first-order chi connectivity index (χ1) is 7.74. The van der Waals surface area contributed by atoms with Crippen LogP contribution >= 0.6 is 0 Å². The number of ether oxygens (including phenoxy) is 1. The Hall–Kier alpha value is -1.58. The Morgan fingerprint density at radius 2 is 2.12 bits per heavy atom. The molecule has 2 rings (SSSR count). The van der Waals surface area contributed by atoms with Gasteiger partial charge in [-0.1, -0.05) is 6.42 Å². The van der Waals surface area contributed by atoms with Crippen LogP contribution in [0.2, 0.25) is 0 Å². The molecule has 4 nitrogen and oxygen atoms in total. The van der Waals surface area contributed by atoms with Gasteiger partial charge < -0.3 is 9.30 Å². The van der Waals surface area contributed by atoms with Gasteiger partial charge in [0, 0.05) is 18.3 Å². The van der Waals surface area contributed by atoms with Gasteiger partial charge in [0.15, 0.2) is 0 Å². The highest BCUT2D eigenvalue weighted by Gasteiger charge is 2.17. The van der Waals surface area contributed by atoms with Crippen LogP contribution in [-0.4, -0.2) is 17.6 Å². The molecule has 16 heavy (non-hydrogen) atoms. The monoisotopic (exact) mass is 221 g/mol. The number of esters is 1. The van der Waals surface area contributed by atoms with E-state index in [9.17, 15) is 9.59 Å². The first-order valence-electron chi connectivity index (χ1n) is 5.55. The Morgan fingerprint density at radius 3 is 2.88 bits per heavy atom. The van der Waals surface area contributed by atoms with Crippen molar-refractivity contribution in [2.24, 2.45) is 0 Å². The zero-order valence-corrected chi connectivity index (χ0v) is 9.36. The summed E-state index contributed by atoms with van der Waals surface area (Å²) in [6, 6.07) is 3.02. The molecule has 0 saturated heterocycles. The van der Waals surface area contributed by atoms with E-state index < -0.39 is 0 Å². The number of carbonyl (C=O) groups excluding carboxylic acids is 1. The largest absolute Gasteiger partial charge is 0.465 e. The van der Waals surface area contributed by atoms with Crippen LogP contribution in [0, 0.1) is 0 Å². The molecule has 0 fully saturated rings. The van der Waals surface area contributed by atoms with E-state index in [4.69, 9.17) is 4.74 Å². The molecule has 1 aliphatic rings. The highest BCUT2D eigenvalue weighted by Crippen LogP contribution is 2.16. The van der Waals surface area contributed by atoms with E-state index in [0.717, 1.165) is 31.4 Å². The third-order valence-corrected chi connectivity index (χ3v) is 3.00. The molecular weight excluding hydrogens is 206 g/mol. The molecule has 86 valence electrons. The van der Waals surface area contributed by atoms with E-state index in [1.165, 1.54) is 13.2 Å². The molecule has 1 aromatic heterocycles. The van der Waals surface area contributed by atoms with Crippen molar-refractivity contribution in [3.8, 4) is 0 Å². The van der Waals surface area contributed by atoms with Crippen molar-refractivity contribution in [3.05, 3.63) is 33.7 Å². The fourth-order valence-corrected chi connectivity index (χ4v) is 2.17. The maximum absolute atomic E-state index is 11.7. The Balaban J connectivity index is 2.56. The molecule has 0 radical (unpaired) electrons. The van der Waals surface area contributed by atoms with Crippen LogP contribution in [0.1, 0.15) is 35.3 Å². The second-order valence-electron chi connectivity index (χ2n) is 3.99. The number of rotatable bonds is 1. The molecule has 0 spiro atoms. The number of nitrogens with zero attached hydrogens (tertiary/aromatic N) is 1. The number of methoxy groups -OCH3 is 1. The van der Waals surface area contributed by atoms with Crippen molar-refractivity contribution in [1.29, 1.82) is 0 Å². The number of fused-ring (bicyclic) bond motifs is 1. The maximum atomic E-state index is 11.7. The molecule has 0 aromatic carbocycles. The molecule has 0 aliphatic carbocycles. The summed E-state index contributed by atoms with van der Waals surface area (Å²) in [5.41, 5.74) is 1.34. The number of hydrogen-bond donors (Lipinski definition) is 0. The predicted molar refractivity (Wildman–Crippen MR) is 59.6 cm³/mol. The molecule has 4 heteroatoms. The summed E-state index contributed by atoms with van der Waals surface area (Å²) >= 11 is 0. The average Bonchev–Trinajstić information content (AvgIpc) is 2.55. The molecule has 1 aliphatic heterocycles. The SMILES string of the molecule is COC(=O)c1ccc(=O)n2c1CCCCC2. The Morgan fingerprint density at radius 1 is 1.31 bits per heavy atom. The van der Waals surface area contributed by atoms with Crippen LogP contribution in [0.4, 0.5) is 0 Å². The first-order valence-corrected chi connectivity index (χ1v) is 5.55. The minimum Gasteiger partial charge on any atom is -0.465 e. The topological polar surface area (TPSA) is 48.3 Å². The van der Waals surface area contributed by atoms with E-state index in [2.05, 4.69) is 0 Å². The van der Waals surface area contributed by atoms with E-state index >= 15 is 0 Å². The minimum absolute atomic E-state index is 0.0236. The number of aromatic nitrogens is 1. The lowest BCUT2D eigenvalue weighted by molar-refractivity contribution is 0.0598. The van der Waals surface area contributed by atoms with Crippen LogP contribution in [0.5, 0.6) is 0 Å². The molecule has 0 amide bonds. The zero-order valence-electron chi connectivity index (χ0n) is 9.36. The quantitative estimate of drug-likeness (QED) is 0.673. The summed E-state index contributed by atoms with van der Waals surface area (Å²) in [5.74, 6) is -0.356. The van der Waals surface area contributed by atoms with Gasteiger partial charge in [-0.15, -0.1) is 0 Å². The second kappa shape index (κ2) is 4.51. The highest BCUT2D eigenvalue weighted by molar-refractivity contribution is 5.90. The van der Waals surface area contributed by atoms with E-state index in [1.807, 2.05) is 0 Å². The Kier molecular flexibility index (Phi) is 3.08. The van der Waals surface area contributed by atoms with Crippen molar-refractivity contribution in [1.82, 2.24) is 4.57 Å². The van der Waals surface area contributed by atoms with E-state index in [0.29, 0.717) is 12.1 Å². The van der Waals surface area contributed by atoms with Gasteiger partial charge in [-0.25, -0.2) is 4.79 Å². The fraction of sp³-hybridized carbons (Fsp3) is 0.500. The van der Waals surface area contributed by atoms with Gasteiger partial charge in [-0.05, 0) is 25.3 Å². The van der Waals surface area contributed by atoms with Crippen LogP contribution in [-0.2, 0) is 17.7 Å². The third-order valence-electron chi connectivity index (χ3n) is 3.00. The molecule has 0 atom stereocenters. The second-order valence-corrected chi connectivity index (χ2v) is 3.99. The minimum atomic E-state index is -0.356. The summed E-state index contributed by atoms with van der Waals surface area (Å²) in [7, 11) is 1.36. The van der Waals surface area contributed by atoms with Crippen LogP contribution in [0.3, 0.4) is 0 Å². The van der Waals surface area contributed by atoms with Crippen molar-refractivity contribution >= 4 is 5.97 Å². The van der Waals surface area contributed by atoms with Gasteiger partial charge in [0.1, 0.15) is 0 Å². The highest BCUT2D eigenvalue weighted by atomic mass is 16.5. The molecule has 0 N–H and O–H groups in total. The van der Waals surface area contributed by atoms with Crippen LogP contribution < -0.4 is 5.56 Å². The molecule has 0 bridgehead atoms. The lowest BCUT2D eigenvalue weighted by Gasteiger charge is -2.12. The summed E-state index contributed by atoms with van der Waals surface area (Å²) < 4.78 is 6.44. The Bertz CT molecular complexity index is 462. The van der Waals surface area contributed by atoms with E-state index in [-0.39, 0.29) is 11.5 Å². The van der Waals surface area contributed by atoms with E-state index in [1.54, 1.807) is 10.6 Å². The van der Waals surface area contributed by atoms with Gasteiger partial charge in [0.25, 0.3) is 5.56 Å². The average molecular weight is 221 g/mol. The fourth-order valence-electron chi connectivity index (χ4n) is 2.17. The van der Waals surface area contributed by atoms with Crippen LogP contribution in [0.15, 0.2) is 16.9 Å². The Labute approximate surface area is 93.8 Å². The predicted octanol–water partition coefficient (Wildman–Crippen LogP) is 1.36. The van der Waals surface area contributed by atoms with Gasteiger partial charge in [0.05, 0.1) is 12.7 Å². The van der Waals surface area contributed by atoms with Gasteiger partial charge in [0.2, 0.25) is 0 Å². The van der Waals surface area contributed by atoms with Gasteiger partial charge in [-0.2, -0.15) is 0 Å². The lowest BCUT2D eigenvalue weighted by Crippen LogP contribution is -2.25. The molecule has 0 unspecified atom stereocenters. The molecule has 2 heterocycles. The molecular formula is C12H15NO3. The number of pyridine rings is 1. The molecule has 0 saturated carbocycles. The summed E-state index contributed by atoms with van der Waals surface area (Å²) in [5, 5.41) is 0. The number of hydrogen-bond acceptors (Lipinski definition) is 3. The smallest absolute Gasteiger partial charge is 0.339 e. The van der Waals surface area contributed by atoms with Crippen molar-refractivity contribution in [2.45, 2.75) is 32.2 Å². The summed E-state index contributed by atoms with van der Waals surface area (Å²) in [6.45, 7) is 0.707. The van der Waals surface area contributed by atoms with Crippen molar-refractivity contribution < 1.29 is 9.53 Å².